The van der Waals surface area contributed by atoms with Crippen LogP contribution in [0.2, 0.25) is 5.02 Å². The van der Waals surface area contributed by atoms with Crippen LogP contribution in [0.25, 0.3) is 0 Å². The second kappa shape index (κ2) is 5.85. The van der Waals surface area contributed by atoms with Crippen LogP contribution >= 0.6 is 11.6 Å². The minimum atomic E-state index is 0.351. The van der Waals surface area contributed by atoms with Gasteiger partial charge in [0.1, 0.15) is 5.02 Å². The SMILES string of the molecule is COCCOCCn1cc(Cl)c(N)n1. The highest BCUT2D eigenvalue weighted by molar-refractivity contribution is 6.32. The lowest BCUT2D eigenvalue weighted by Gasteiger charge is -2.03. The number of anilines is 1. The molecule has 0 fully saturated rings. The van der Waals surface area contributed by atoms with Crippen molar-refractivity contribution in [3.63, 3.8) is 0 Å². The van der Waals surface area contributed by atoms with Gasteiger partial charge < -0.3 is 15.2 Å². The Bertz CT molecular complexity index is 258. The van der Waals surface area contributed by atoms with Crippen molar-refractivity contribution in [2.24, 2.45) is 0 Å². The number of nitrogens with two attached hydrogens (primary N) is 1. The van der Waals surface area contributed by atoms with Crippen LogP contribution in [0.4, 0.5) is 5.82 Å². The van der Waals surface area contributed by atoms with Crippen molar-refractivity contribution in [2.45, 2.75) is 6.54 Å². The summed E-state index contributed by atoms with van der Waals surface area (Å²) in [6.45, 7) is 2.39. The van der Waals surface area contributed by atoms with Crippen LogP contribution in [0.5, 0.6) is 0 Å². The Morgan fingerprint density at radius 2 is 2.29 bits per heavy atom. The summed E-state index contributed by atoms with van der Waals surface area (Å²) in [4.78, 5) is 0. The normalized spacial score (nSPS) is 10.7. The van der Waals surface area contributed by atoms with Crippen LogP contribution < -0.4 is 5.73 Å². The highest BCUT2D eigenvalue weighted by Crippen LogP contribution is 2.14. The average molecular weight is 220 g/mol. The molecule has 0 aromatic carbocycles. The Morgan fingerprint density at radius 1 is 1.50 bits per heavy atom. The van der Waals surface area contributed by atoms with E-state index in [1.54, 1.807) is 18.0 Å². The van der Waals surface area contributed by atoms with Crippen LogP contribution in [0.1, 0.15) is 0 Å². The summed E-state index contributed by atoms with van der Waals surface area (Å²) in [6.07, 6.45) is 1.68. The molecule has 2 N–H and O–H groups in total. The molecule has 0 bridgehead atoms. The Hall–Kier alpha value is -0.780. The van der Waals surface area contributed by atoms with E-state index in [-0.39, 0.29) is 0 Å². The molecule has 1 aromatic heterocycles. The maximum Gasteiger partial charge on any atom is 0.164 e. The highest BCUT2D eigenvalue weighted by Gasteiger charge is 2.01. The Kier molecular flexibility index (Phi) is 4.72. The third-order valence-corrected chi connectivity index (χ3v) is 1.93. The number of halogens is 1. The zero-order valence-electron chi connectivity index (χ0n) is 8.07. The molecule has 0 aliphatic carbocycles. The van der Waals surface area contributed by atoms with E-state index in [2.05, 4.69) is 5.10 Å². The largest absolute Gasteiger partial charge is 0.382 e. The van der Waals surface area contributed by atoms with Gasteiger partial charge in [-0.2, -0.15) is 5.10 Å². The second-order valence-corrected chi connectivity index (χ2v) is 3.14. The minimum Gasteiger partial charge on any atom is -0.382 e. The fourth-order valence-corrected chi connectivity index (χ4v) is 1.08. The van der Waals surface area contributed by atoms with Crippen LogP contribution in [0, 0.1) is 0 Å². The van der Waals surface area contributed by atoms with Crippen LogP contribution in [0.3, 0.4) is 0 Å². The number of nitrogens with zero attached hydrogens (tertiary/aromatic N) is 2. The molecule has 0 amide bonds. The summed E-state index contributed by atoms with van der Waals surface area (Å²) in [7, 11) is 1.64. The molecule has 0 saturated carbocycles. The first-order chi connectivity index (χ1) is 6.74. The van der Waals surface area contributed by atoms with Gasteiger partial charge in [-0.05, 0) is 0 Å². The molecule has 0 spiro atoms. The maximum atomic E-state index is 5.72. The van der Waals surface area contributed by atoms with E-state index in [9.17, 15) is 0 Å². The first kappa shape index (κ1) is 11.3. The smallest absolute Gasteiger partial charge is 0.164 e. The lowest BCUT2D eigenvalue weighted by atomic mass is 10.6. The van der Waals surface area contributed by atoms with Gasteiger partial charge in [0, 0.05) is 13.3 Å². The highest BCUT2D eigenvalue weighted by atomic mass is 35.5. The van der Waals surface area contributed by atoms with Gasteiger partial charge in [-0.3, -0.25) is 4.68 Å². The van der Waals surface area contributed by atoms with E-state index in [1.807, 2.05) is 0 Å². The molecule has 0 aliphatic rings. The molecule has 0 radical (unpaired) electrons. The number of ether oxygens (including phenoxy) is 2. The fraction of sp³-hybridized carbons (Fsp3) is 0.625. The summed E-state index contributed by atoms with van der Waals surface area (Å²) in [5.74, 6) is 0.351. The molecule has 6 heteroatoms. The fourth-order valence-electron chi connectivity index (χ4n) is 0.929. The van der Waals surface area contributed by atoms with Gasteiger partial charge in [0.25, 0.3) is 0 Å². The van der Waals surface area contributed by atoms with Gasteiger partial charge in [0.05, 0.1) is 26.4 Å². The Labute approximate surface area is 87.7 Å². The van der Waals surface area contributed by atoms with Gasteiger partial charge in [-0.15, -0.1) is 0 Å². The Balaban J connectivity index is 2.18. The second-order valence-electron chi connectivity index (χ2n) is 2.73. The molecule has 1 rings (SSSR count). The van der Waals surface area contributed by atoms with Crippen molar-refractivity contribution < 1.29 is 9.47 Å². The molecular formula is C8H14ClN3O2. The van der Waals surface area contributed by atoms with Crippen molar-refractivity contribution in [3.05, 3.63) is 11.2 Å². The molecule has 0 atom stereocenters. The molecule has 80 valence electrons. The van der Waals surface area contributed by atoms with Crippen LogP contribution in [0.15, 0.2) is 6.20 Å². The van der Waals surface area contributed by atoms with Crippen molar-refractivity contribution in [1.82, 2.24) is 9.78 Å². The predicted octanol–water partition coefficient (Wildman–Crippen LogP) is 0.782. The van der Waals surface area contributed by atoms with Gasteiger partial charge in [0.15, 0.2) is 5.82 Å². The summed E-state index contributed by atoms with van der Waals surface area (Å²) in [5.41, 5.74) is 5.47. The molecule has 1 heterocycles. The molecule has 14 heavy (non-hydrogen) atoms. The molecule has 5 nitrogen and oxygen atoms in total. The number of hydrogen-bond donors (Lipinski definition) is 1. The van der Waals surface area contributed by atoms with Crippen molar-refractivity contribution in [1.29, 1.82) is 0 Å². The molecular weight excluding hydrogens is 206 g/mol. The first-order valence-corrected chi connectivity index (χ1v) is 4.67. The number of nitrogen functional groups attached to an aromatic ring is 1. The number of methoxy groups -OCH3 is 1. The lowest BCUT2D eigenvalue weighted by Crippen LogP contribution is -2.09. The van der Waals surface area contributed by atoms with E-state index in [0.717, 1.165) is 0 Å². The molecule has 0 aliphatic heterocycles. The van der Waals surface area contributed by atoms with Gasteiger partial charge in [-0.1, -0.05) is 11.6 Å². The van der Waals surface area contributed by atoms with Gasteiger partial charge >= 0.3 is 0 Å². The van der Waals surface area contributed by atoms with E-state index in [4.69, 9.17) is 26.8 Å². The van der Waals surface area contributed by atoms with E-state index in [1.165, 1.54) is 0 Å². The summed E-state index contributed by atoms with van der Waals surface area (Å²) >= 11 is 5.72. The Morgan fingerprint density at radius 3 is 2.86 bits per heavy atom. The van der Waals surface area contributed by atoms with Crippen LogP contribution in [-0.2, 0) is 16.0 Å². The third kappa shape index (κ3) is 3.53. The van der Waals surface area contributed by atoms with Gasteiger partial charge in [-0.25, -0.2) is 0 Å². The van der Waals surface area contributed by atoms with E-state index >= 15 is 0 Å². The van der Waals surface area contributed by atoms with E-state index < -0.39 is 0 Å². The lowest BCUT2D eigenvalue weighted by molar-refractivity contribution is 0.0654. The van der Waals surface area contributed by atoms with Crippen molar-refractivity contribution in [3.8, 4) is 0 Å². The van der Waals surface area contributed by atoms with Crippen LogP contribution in [-0.4, -0.2) is 36.7 Å². The quantitative estimate of drug-likeness (QED) is 0.719. The zero-order chi connectivity index (χ0) is 10.4. The van der Waals surface area contributed by atoms with Gasteiger partial charge in [0.2, 0.25) is 0 Å². The van der Waals surface area contributed by atoms with E-state index in [0.29, 0.717) is 37.2 Å². The number of hydrogen-bond acceptors (Lipinski definition) is 4. The summed E-state index contributed by atoms with van der Waals surface area (Å²) in [5, 5.41) is 4.45. The minimum absolute atomic E-state index is 0.351. The standard InChI is InChI=1S/C8H14ClN3O2/c1-13-4-5-14-3-2-12-6-7(9)8(10)11-12/h6H,2-5H2,1H3,(H2,10,11). The summed E-state index contributed by atoms with van der Waals surface area (Å²) < 4.78 is 11.7. The monoisotopic (exact) mass is 219 g/mol. The topological polar surface area (TPSA) is 62.3 Å². The maximum absolute atomic E-state index is 5.72. The number of rotatable bonds is 6. The first-order valence-electron chi connectivity index (χ1n) is 4.29. The summed E-state index contributed by atoms with van der Waals surface area (Å²) in [6, 6.07) is 0. The third-order valence-electron chi connectivity index (χ3n) is 1.64. The van der Waals surface area contributed by atoms with Crippen molar-refractivity contribution in [2.75, 3.05) is 32.7 Å². The number of aromatic nitrogens is 2. The average Bonchev–Trinajstić information content (AvgIpc) is 2.46. The zero-order valence-corrected chi connectivity index (χ0v) is 8.83. The molecule has 0 saturated heterocycles. The van der Waals surface area contributed by atoms with Crippen molar-refractivity contribution >= 4 is 17.4 Å². The molecule has 1 aromatic rings. The molecule has 0 unspecified atom stereocenters. The predicted molar refractivity (Wildman–Crippen MR) is 54.3 cm³/mol.